The Bertz CT molecular complexity index is 776. The lowest BCUT2D eigenvalue weighted by atomic mass is 9.86. The topological polar surface area (TPSA) is 46.2 Å². The number of benzene rings is 2. The van der Waals surface area contributed by atoms with Gasteiger partial charge < -0.3 is 0 Å². The van der Waals surface area contributed by atoms with Crippen molar-refractivity contribution in [3.63, 3.8) is 0 Å². The van der Waals surface area contributed by atoms with E-state index in [1.165, 1.54) is 29.8 Å². The minimum Gasteiger partial charge on any atom is -0.212 e. The summed E-state index contributed by atoms with van der Waals surface area (Å²) in [4.78, 5) is 0. The van der Waals surface area contributed by atoms with Gasteiger partial charge in [-0.15, -0.1) is 0 Å². The highest BCUT2D eigenvalue weighted by Gasteiger charge is 2.18. The Morgan fingerprint density at radius 1 is 1.00 bits per heavy atom. The van der Waals surface area contributed by atoms with Crippen molar-refractivity contribution < 1.29 is 12.8 Å². The zero-order valence-electron chi connectivity index (χ0n) is 14.5. The van der Waals surface area contributed by atoms with E-state index >= 15 is 0 Å². The monoisotopic (exact) mass is 349 g/mol. The maximum Gasteiger partial charge on any atom is 0.216 e. The van der Waals surface area contributed by atoms with E-state index in [0.29, 0.717) is 5.56 Å². The fourth-order valence-electron chi connectivity index (χ4n) is 2.45. The van der Waals surface area contributed by atoms with Gasteiger partial charge in [-0.25, -0.2) is 17.5 Å². The van der Waals surface area contributed by atoms with Crippen LogP contribution in [0.3, 0.4) is 0 Å². The van der Waals surface area contributed by atoms with Crippen LogP contribution in [0.5, 0.6) is 0 Å². The molecule has 0 fully saturated rings. The summed E-state index contributed by atoms with van der Waals surface area (Å²) in [6.07, 6.45) is 0. The second-order valence-corrected chi connectivity index (χ2v) is 8.85. The Labute approximate surface area is 144 Å². The molecule has 0 aliphatic carbocycles. The lowest BCUT2D eigenvalue weighted by Gasteiger charge is -2.20. The minimum absolute atomic E-state index is 0.0594. The van der Waals surface area contributed by atoms with Gasteiger partial charge in [0.2, 0.25) is 10.0 Å². The molecule has 0 aliphatic rings. The molecular weight excluding hydrogens is 325 g/mol. The first-order valence-corrected chi connectivity index (χ1v) is 9.57. The van der Waals surface area contributed by atoms with Gasteiger partial charge in [-0.3, -0.25) is 0 Å². The first-order valence-electron chi connectivity index (χ1n) is 7.92. The number of hydrogen-bond donors (Lipinski definition) is 1. The largest absolute Gasteiger partial charge is 0.216 e. The molecule has 1 N–H and O–H groups in total. The van der Waals surface area contributed by atoms with E-state index < -0.39 is 10.0 Å². The summed E-state index contributed by atoms with van der Waals surface area (Å²) in [6.45, 7) is 8.22. The number of rotatable bonds is 5. The molecule has 130 valence electrons. The number of nitrogens with one attached hydrogen (secondary N) is 1. The summed E-state index contributed by atoms with van der Waals surface area (Å²) in [7, 11) is -3.51. The van der Waals surface area contributed by atoms with Crippen LogP contribution in [0.1, 0.15) is 50.4 Å². The van der Waals surface area contributed by atoms with Crippen molar-refractivity contribution in [2.45, 2.75) is 44.9 Å². The minimum atomic E-state index is -3.51. The SMILES string of the molecule is C[C@H](NS(=O)(=O)Cc1ccc(F)cc1)c1ccc(C(C)(C)C)cc1. The zero-order chi connectivity index (χ0) is 18.0. The maximum atomic E-state index is 12.9. The van der Waals surface area contributed by atoms with E-state index in [9.17, 15) is 12.8 Å². The summed E-state index contributed by atoms with van der Waals surface area (Å²) in [5.74, 6) is -0.547. The first-order chi connectivity index (χ1) is 11.1. The molecule has 0 unspecified atom stereocenters. The molecular formula is C19H24FNO2S. The highest BCUT2D eigenvalue weighted by atomic mass is 32.2. The van der Waals surface area contributed by atoms with Crippen molar-refractivity contribution in [1.82, 2.24) is 4.72 Å². The van der Waals surface area contributed by atoms with Crippen molar-refractivity contribution in [2.75, 3.05) is 0 Å². The van der Waals surface area contributed by atoms with Crippen molar-refractivity contribution in [3.05, 3.63) is 71.0 Å². The molecule has 0 amide bonds. The Morgan fingerprint density at radius 3 is 2.04 bits per heavy atom. The summed E-state index contributed by atoms with van der Waals surface area (Å²) in [6, 6.07) is 13.1. The van der Waals surface area contributed by atoms with Gasteiger partial charge in [-0.05, 0) is 41.2 Å². The van der Waals surface area contributed by atoms with E-state index in [0.717, 1.165) is 5.56 Å². The van der Waals surface area contributed by atoms with Crippen LogP contribution in [-0.2, 0) is 21.2 Å². The van der Waals surface area contributed by atoms with Gasteiger partial charge in [-0.1, -0.05) is 57.2 Å². The quantitative estimate of drug-likeness (QED) is 0.874. The van der Waals surface area contributed by atoms with Crippen molar-refractivity contribution in [2.24, 2.45) is 0 Å². The van der Waals surface area contributed by atoms with Crippen molar-refractivity contribution >= 4 is 10.0 Å². The summed E-state index contributed by atoms with van der Waals surface area (Å²) in [5, 5.41) is 0. The average molecular weight is 349 g/mol. The molecule has 24 heavy (non-hydrogen) atoms. The molecule has 5 heteroatoms. The highest BCUT2D eigenvalue weighted by Crippen LogP contribution is 2.24. The normalized spacial score (nSPS) is 13.7. The standard InChI is InChI=1S/C19H24FNO2S/c1-14(16-7-9-17(10-8-16)19(2,3)4)21-24(22,23)13-15-5-11-18(20)12-6-15/h5-12,14,21H,13H2,1-4H3/t14-/m0/s1. The van der Waals surface area contributed by atoms with E-state index in [1.807, 2.05) is 31.2 Å². The average Bonchev–Trinajstić information content (AvgIpc) is 2.48. The predicted molar refractivity (Wildman–Crippen MR) is 95.7 cm³/mol. The van der Waals surface area contributed by atoms with Crippen LogP contribution in [0.4, 0.5) is 4.39 Å². The molecule has 0 saturated carbocycles. The Balaban J connectivity index is 2.07. The molecule has 0 radical (unpaired) electrons. The predicted octanol–water partition coefficient (Wildman–Crippen LogP) is 4.30. The zero-order valence-corrected chi connectivity index (χ0v) is 15.3. The third kappa shape index (κ3) is 5.14. The molecule has 1 atom stereocenters. The summed E-state index contributed by atoms with van der Waals surface area (Å²) in [5.41, 5.74) is 2.72. The first kappa shape index (κ1) is 18.6. The van der Waals surface area contributed by atoms with E-state index in [2.05, 4.69) is 25.5 Å². The molecule has 0 bridgehead atoms. The highest BCUT2D eigenvalue weighted by molar-refractivity contribution is 7.88. The third-order valence-corrected chi connectivity index (χ3v) is 5.33. The van der Waals surface area contributed by atoms with Crippen LogP contribution < -0.4 is 4.72 Å². The van der Waals surface area contributed by atoms with Gasteiger partial charge in [0.1, 0.15) is 5.82 Å². The molecule has 0 aliphatic heterocycles. The van der Waals surface area contributed by atoms with Crippen LogP contribution in [-0.4, -0.2) is 8.42 Å². The lowest BCUT2D eigenvalue weighted by molar-refractivity contribution is 0.564. The third-order valence-electron chi connectivity index (χ3n) is 3.90. The molecule has 2 aromatic rings. The van der Waals surface area contributed by atoms with Gasteiger partial charge in [0.25, 0.3) is 0 Å². The van der Waals surface area contributed by atoms with Gasteiger partial charge in [0.05, 0.1) is 5.75 Å². The molecule has 0 heterocycles. The molecule has 0 spiro atoms. The summed E-state index contributed by atoms with van der Waals surface area (Å²) < 4.78 is 40.2. The number of hydrogen-bond acceptors (Lipinski definition) is 2. The van der Waals surface area contributed by atoms with Gasteiger partial charge in [0, 0.05) is 6.04 Å². The van der Waals surface area contributed by atoms with Crippen LogP contribution in [0.15, 0.2) is 48.5 Å². The Kier molecular flexibility index (Phi) is 5.45. The van der Waals surface area contributed by atoms with Gasteiger partial charge >= 0.3 is 0 Å². The van der Waals surface area contributed by atoms with E-state index in [1.54, 1.807) is 0 Å². The van der Waals surface area contributed by atoms with Gasteiger partial charge in [0.15, 0.2) is 0 Å². The molecule has 2 rings (SSSR count). The van der Waals surface area contributed by atoms with Crippen molar-refractivity contribution in [3.8, 4) is 0 Å². The Morgan fingerprint density at radius 2 is 1.54 bits per heavy atom. The Hall–Kier alpha value is -1.72. The van der Waals surface area contributed by atoms with Crippen LogP contribution in [0.25, 0.3) is 0 Å². The summed E-state index contributed by atoms with van der Waals surface area (Å²) >= 11 is 0. The van der Waals surface area contributed by atoms with Crippen molar-refractivity contribution in [1.29, 1.82) is 0 Å². The number of sulfonamides is 1. The fraction of sp³-hybridized carbons (Fsp3) is 0.368. The molecule has 2 aromatic carbocycles. The van der Waals surface area contributed by atoms with Crippen LogP contribution in [0, 0.1) is 5.82 Å². The molecule has 3 nitrogen and oxygen atoms in total. The van der Waals surface area contributed by atoms with Gasteiger partial charge in [-0.2, -0.15) is 0 Å². The fourth-order valence-corrected chi connectivity index (χ4v) is 3.84. The van der Waals surface area contributed by atoms with E-state index in [4.69, 9.17) is 0 Å². The lowest BCUT2D eigenvalue weighted by Crippen LogP contribution is -2.28. The molecule has 0 aromatic heterocycles. The van der Waals surface area contributed by atoms with Crippen LogP contribution in [0.2, 0.25) is 0 Å². The van der Waals surface area contributed by atoms with E-state index in [-0.39, 0.29) is 23.0 Å². The second kappa shape index (κ2) is 7.03. The molecule has 0 saturated heterocycles. The second-order valence-electron chi connectivity index (χ2n) is 7.10. The van der Waals surface area contributed by atoms with Crippen LogP contribution >= 0.6 is 0 Å². The maximum absolute atomic E-state index is 12.9. The number of halogens is 1. The smallest absolute Gasteiger partial charge is 0.212 e.